The van der Waals surface area contributed by atoms with Crippen LogP contribution in [-0.4, -0.2) is 49.4 Å². The van der Waals surface area contributed by atoms with Gasteiger partial charge in [0.1, 0.15) is 12.6 Å². The largest absolute Gasteiger partial charge is 0.379 e. The molecular weight excluding hydrogens is 322 g/mol. The van der Waals surface area contributed by atoms with E-state index in [9.17, 15) is 9.59 Å². The molecule has 1 heterocycles. The third-order valence-electron chi connectivity index (χ3n) is 3.80. The molecule has 2 rings (SSSR count). The number of benzene rings is 1. The Bertz CT molecular complexity index is 726. The summed E-state index contributed by atoms with van der Waals surface area (Å²) in [5.41, 5.74) is 1.54. The fourth-order valence-electron chi connectivity index (χ4n) is 2.38. The summed E-state index contributed by atoms with van der Waals surface area (Å²) in [6, 6.07) is 7.52. The Kier molecular flexibility index (Phi) is 6.97. The molecule has 0 radical (unpaired) electrons. The van der Waals surface area contributed by atoms with Crippen LogP contribution in [0.25, 0.3) is 10.9 Å². The maximum absolute atomic E-state index is 12.2. The van der Waals surface area contributed by atoms with Crippen LogP contribution in [-0.2, 0) is 25.6 Å². The molecule has 0 aliphatic rings. The van der Waals surface area contributed by atoms with E-state index in [0.29, 0.717) is 25.5 Å². The van der Waals surface area contributed by atoms with Gasteiger partial charge in [0.25, 0.3) is 5.91 Å². The average molecular weight is 347 g/mol. The number of rotatable bonds is 9. The Hall–Kier alpha value is -2.38. The van der Waals surface area contributed by atoms with E-state index >= 15 is 0 Å². The minimum atomic E-state index is -0.575. The van der Waals surface area contributed by atoms with Gasteiger partial charge in [-0.15, -0.1) is 0 Å². The standard InChI is InChI=1S/C18H25N3O4/c1-4-24-9-10-25-13(2)18(23)20-15-6-5-14-7-8-21(16(14)11-15)12-17(22)19-3/h5-8,11,13H,4,9-10,12H2,1-3H3,(H,19,22)(H,20,23). The molecule has 1 atom stereocenters. The fraction of sp³-hybridized carbons (Fsp3) is 0.444. The first-order chi connectivity index (χ1) is 12.0. The quantitative estimate of drug-likeness (QED) is 0.678. The van der Waals surface area contributed by atoms with E-state index in [-0.39, 0.29) is 18.4 Å². The van der Waals surface area contributed by atoms with E-state index in [4.69, 9.17) is 9.47 Å². The van der Waals surface area contributed by atoms with Crippen molar-refractivity contribution in [1.29, 1.82) is 0 Å². The van der Waals surface area contributed by atoms with Crippen LogP contribution in [0.5, 0.6) is 0 Å². The number of hydrogen-bond acceptors (Lipinski definition) is 4. The number of carbonyl (C=O) groups excluding carboxylic acids is 2. The molecule has 1 aromatic carbocycles. The maximum atomic E-state index is 12.2. The van der Waals surface area contributed by atoms with E-state index in [1.807, 2.05) is 42.0 Å². The monoisotopic (exact) mass is 347 g/mol. The minimum absolute atomic E-state index is 0.0803. The third-order valence-corrected chi connectivity index (χ3v) is 3.80. The first-order valence-corrected chi connectivity index (χ1v) is 8.34. The van der Waals surface area contributed by atoms with E-state index in [1.165, 1.54) is 0 Å². The molecule has 136 valence electrons. The first kappa shape index (κ1) is 19.0. The molecular formula is C18H25N3O4. The molecule has 7 heteroatoms. The number of hydrogen-bond donors (Lipinski definition) is 2. The SMILES string of the molecule is CCOCCOC(C)C(=O)Nc1ccc2ccn(CC(=O)NC)c2c1. The Labute approximate surface area is 147 Å². The number of amides is 2. The van der Waals surface area contributed by atoms with Gasteiger partial charge in [-0.3, -0.25) is 9.59 Å². The van der Waals surface area contributed by atoms with Crippen molar-refractivity contribution >= 4 is 28.4 Å². The second-order valence-corrected chi connectivity index (χ2v) is 5.59. The molecule has 0 saturated carbocycles. The molecule has 0 spiro atoms. The summed E-state index contributed by atoms with van der Waals surface area (Å²) in [6.07, 6.45) is 1.28. The Morgan fingerprint density at radius 2 is 2.04 bits per heavy atom. The van der Waals surface area contributed by atoms with Crippen LogP contribution in [0.2, 0.25) is 0 Å². The summed E-state index contributed by atoms with van der Waals surface area (Å²) in [5, 5.41) is 6.45. The highest BCUT2D eigenvalue weighted by Gasteiger charge is 2.14. The minimum Gasteiger partial charge on any atom is -0.379 e. The van der Waals surface area contributed by atoms with E-state index in [0.717, 1.165) is 10.9 Å². The molecule has 0 aliphatic heterocycles. The average Bonchev–Trinajstić information content (AvgIpc) is 3.00. The van der Waals surface area contributed by atoms with Gasteiger partial charge in [-0.1, -0.05) is 6.07 Å². The van der Waals surface area contributed by atoms with Crippen molar-refractivity contribution in [1.82, 2.24) is 9.88 Å². The highest BCUT2D eigenvalue weighted by molar-refractivity contribution is 5.96. The van der Waals surface area contributed by atoms with Crippen LogP contribution in [0, 0.1) is 0 Å². The summed E-state index contributed by atoms with van der Waals surface area (Å²) in [7, 11) is 1.60. The van der Waals surface area contributed by atoms with Gasteiger partial charge in [-0.25, -0.2) is 0 Å². The zero-order chi connectivity index (χ0) is 18.2. The molecule has 2 amide bonds. The first-order valence-electron chi connectivity index (χ1n) is 8.34. The Morgan fingerprint density at radius 1 is 1.24 bits per heavy atom. The molecule has 25 heavy (non-hydrogen) atoms. The van der Waals surface area contributed by atoms with Crippen molar-refractivity contribution < 1.29 is 19.1 Å². The lowest BCUT2D eigenvalue weighted by atomic mass is 10.2. The van der Waals surface area contributed by atoms with Gasteiger partial charge in [-0.2, -0.15) is 0 Å². The smallest absolute Gasteiger partial charge is 0.253 e. The van der Waals surface area contributed by atoms with Crippen LogP contribution in [0.3, 0.4) is 0 Å². The maximum Gasteiger partial charge on any atom is 0.253 e. The Balaban J connectivity index is 2.01. The molecule has 0 fully saturated rings. The molecule has 2 N–H and O–H groups in total. The number of ether oxygens (including phenoxy) is 2. The molecule has 0 saturated heterocycles. The van der Waals surface area contributed by atoms with E-state index in [1.54, 1.807) is 14.0 Å². The number of nitrogens with one attached hydrogen (secondary N) is 2. The van der Waals surface area contributed by atoms with Gasteiger partial charge < -0.3 is 24.7 Å². The zero-order valence-corrected chi connectivity index (χ0v) is 14.9. The lowest BCUT2D eigenvalue weighted by Gasteiger charge is -2.14. The van der Waals surface area contributed by atoms with Crippen molar-refractivity contribution in [2.75, 3.05) is 32.2 Å². The van der Waals surface area contributed by atoms with Crippen molar-refractivity contribution in [3.05, 3.63) is 30.5 Å². The molecule has 7 nitrogen and oxygen atoms in total. The van der Waals surface area contributed by atoms with Gasteiger partial charge in [0.2, 0.25) is 5.91 Å². The predicted molar refractivity (Wildman–Crippen MR) is 96.5 cm³/mol. The van der Waals surface area contributed by atoms with Gasteiger partial charge in [0.15, 0.2) is 0 Å². The Morgan fingerprint density at radius 3 is 2.76 bits per heavy atom. The van der Waals surface area contributed by atoms with Crippen LogP contribution in [0.4, 0.5) is 5.69 Å². The van der Waals surface area contributed by atoms with Gasteiger partial charge in [-0.05, 0) is 37.4 Å². The molecule has 0 bridgehead atoms. The lowest BCUT2D eigenvalue weighted by Crippen LogP contribution is -2.28. The number of anilines is 1. The van der Waals surface area contributed by atoms with Crippen LogP contribution < -0.4 is 10.6 Å². The number of fused-ring (bicyclic) bond motifs is 1. The zero-order valence-electron chi connectivity index (χ0n) is 14.9. The van der Waals surface area contributed by atoms with Crippen molar-refractivity contribution in [2.45, 2.75) is 26.5 Å². The third kappa shape index (κ3) is 5.30. The van der Waals surface area contributed by atoms with Crippen LogP contribution in [0.1, 0.15) is 13.8 Å². The number of nitrogens with zero attached hydrogens (tertiary/aromatic N) is 1. The number of aromatic nitrogens is 1. The highest BCUT2D eigenvalue weighted by atomic mass is 16.5. The second kappa shape index (κ2) is 9.19. The summed E-state index contributed by atoms with van der Waals surface area (Å²) < 4.78 is 12.5. The predicted octanol–water partition coefficient (Wildman–Crippen LogP) is 1.77. The van der Waals surface area contributed by atoms with E-state index < -0.39 is 6.10 Å². The summed E-state index contributed by atoms with van der Waals surface area (Å²) >= 11 is 0. The topological polar surface area (TPSA) is 81.6 Å². The summed E-state index contributed by atoms with van der Waals surface area (Å²) in [4.78, 5) is 23.8. The highest BCUT2D eigenvalue weighted by Crippen LogP contribution is 2.21. The number of likely N-dealkylation sites (N-methyl/N-ethyl adjacent to an activating group) is 1. The summed E-state index contributed by atoms with van der Waals surface area (Å²) in [5.74, 6) is -0.302. The number of carbonyl (C=O) groups is 2. The normalized spacial score (nSPS) is 12.1. The van der Waals surface area contributed by atoms with Gasteiger partial charge in [0, 0.05) is 25.5 Å². The summed E-state index contributed by atoms with van der Waals surface area (Å²) in [6.45, 7) is 5.30. The van der Waals surface area contributed by atoms with Crippen molar-refractivity contribution in [2.24, 2.45) is 0 Å². The lowest BCUT2D eigenvalue weighted by molar-refractivity contribution is -0.127. The van der Waals surface area contributed by atoms with Crippen molar-refractivity contribution in [3.8, 4) is 0 Å². The van der Waals surface area contributed by atoms with Crippen molar-refractivity contribution in [3.63, 3.8) is 0 Å². The van der Waals surface area contributed by atoms with Crippen LogP contribution >= 0.6 is 0 Å². The molecule has 2 aromatic rings. The van der Waals surface area contributed by atoms with Gasteiger partial charge in [0.05, 0.1) is 18.7 Å². The second-order valence-electron chi connectivity index (χ2n) is 5.59. The molecule has 1 unspecified atom stereocenters. The fourth-order valence-corrected chi connectivity index (χ4v) is 2.38. The molecule has 0 aliphatic carbocycles. The van der Waals surface area contributed by atoms with Gasteiger partial charge >= 0.3 is 0 Å². The van der Waals surface area contributed by atoms with Crippen LogP contribution in [0.15, 0.2) is 30.5 Å². The van der Waals surface area contributed by atoms with E-state index in [2.05, 4.69) is 10.6 Å². The molecule has 1 aromatic heterocycles.